The van der Waals surface area contributed by atoms with Gasteiger partial charge in [-0.25, -0.2) is 4.79 Å². The minimum Gasteiger partial charge on any atom is -0.343 e. The van der Waals surface area contributed by atoms with Gasteiger partial charge in [0, 0.05) is 32.6 Å². The number of amides is 3. The number of likely N-dealkylation sites (tertiary alicyclic amines) is 1. The molecule has 0 aromatic carbocycles. The van der Waals surface area contributed by atoms with Crippen LogP contribution in [0.4, 0.5) is 4.79 Å². The molecule has 5 nitrogen and oxygen atoms in total. The van der Waals surface area contributed by atoms with Gasteiger partial charge in [0.25, 0.3) is 0 Å². The van der Waals surface area contributed by atoms with E-state index in [1.807, 2.05) is 4.90 Å². The van der Waals surface area contributed by atoms with Crippen molar-refractivity contribution < 1.29 is 9.59 Å². The lowest BCUT2D eigenvalue weighted by Gasteiger charge is -2.26. The lowest BCUT2D eigenvalue weighted by atomic mass is 10.1. The number of urea groups is 1. The van der Waals surface area contributed by atoms with E-state index in [0.717, 1.165) is 32.4 Å². The molecule has 1 saturated heterocycles. The number of carbonyl (C=O) groups is 2. The molecule has 118 valence electrons. The van der Waals surface area contributed by atoms with E-state index in [9.17, 15) is 9.59 Å². The summed E-state index contributed by atoms with van der Waals surface area (Å²) < 4.78 is 0. The molecular weight excluding hydrogens is 266 g/mol. The van der Waals surface area contributed by atoms with Gasteiger partial charge in [-0.2, -0.15) is 0 Å². The molecule has 5 heteroatoms. The van der Waals surface area contributed by atoms with E-state index < -0.39 is 0 Å². The first-order chi connectivity index (χ1) is 10.3. The van der Waals surface area contributed by atoms with E-state index in [2.05, 4.69) is 16.7 Å². The Morgan fingerprint density at radius 2 is 1.81 bits per heavy atom. The monoisotopic (exact) mass is 293 g/mol. The van der Waals surface area contributed by atoms with Crippen LogP contribution in [0.5, 0.6) is 0 Å². The molecule has 0 atom stereocenters. The summed E-state index contributed by atoms with van der Waals surface area (Å²) in [5, 5.41) is 5.61. The van der Waals surface area contributed by atoms with Gasteiger partial charge < -0.3 is 15.5 Å². The van der Waals surface area contributed by atoms with Crippen LogP contribution in [0.3, 0.4) is 0 Å². The molecule has 0 radical (unpaired) electrons. The summed E-state index contributed by atoms with van der Waals surface area (Å²) in [6.07, 6.45) is 10.7. The van der Waals surface area contributed by atoms with E-state index in [1.165, 1.54) is 31.3 Å². The maximum atomic E-state index is 11.9. The summed E-state index contributed by atoms with van der Waals surface area (Å²) in [5.74, 6) is 0.158. The second-order valence-electron chi connectivity index (χ2n) is 5.88. The van der Waals surface area contributed by atoms with Gasteiger partial charge in [0.05, 0.1) is 0 Å². The normalized spacial score (nSPS) is 18.3. The number of nitrogens with zero attached hydrogens (tertiary/aromatic N) is 1. The lowest BCUT2D eigenvalue weighted by Crippen LogP contribution is -2.40. The number of nitrogens with one attached hydrogen (secondary N) is 2. The summed E-state index contributed by atoms with van der Waals surface area (Å²) in [4.78, 5) is 25.4. The van der Waals surface area contributed by atoms with Crippen molar-refractivity contribution in [1.82, 2.24) is 15.5 Å². The molecule has 2 N–H and O–H groups in total. The summed E-state index contributed by atoms with van der Waals surface area (Å²) in [5.41, 5.74) is 1.45. The highest BCUT2D eigenvalue weighted by molar-refractivity contribution is 5.78. The zero-order valence-corrected chi connectivity index (χ0v) is 12.8. The molecule has 1 heterocycles. The molecule has 2 aliphatic rings. The zero-order chi connectivity index (χ0) is 14.9. The molecule has 0 spiro atoms. The van der Waals surface area contributed by atoms with Crippen LogP contribution in [0.25, 0.3) is 0 Å². The molecule has 0 bridgehead atoms. The Balaban J connectivity index is 1.51. The van der Waals surface area contributed by atoms with Crippen LogP contribution in [0.1, 0.15) is 51.4 Å². The largest absolute Gasteiger partial charge is 0.343 e. The predicted molar refractivity (Wildman–Crippen MR) is 83.0 cm³/mol. The summed E-state index contributed by atoms with van der Waals surface area (Å²) >= 11 is 0. The Hall–Kier alpha value is -1.52. The van der Waals surface area contributed by atoms with Crippen molar-refractivity contribution in [2.45, 2.75) is 51.4 Å². The third-order valence-electron chi connectivity index (χ3n) is 4.20. The van der Waals surface area contributed by atoms with Crippen LogP contribution >= 0.6 is 0 Å². The van der Waals surface area contributed by atoms with Crippen LogP contribution in [0.15, 0.2) is 11.6 Å². The number of rotatable bonds is 6. The Bertz CT molecular complexity index is 387. The van der Waals surface area contributed by atoms with Gasteiger partial charge in [0.2, 0.25) is 5.91 Å². The van der Waals surface area contributed by atoms with Crippen molar-refractivity contribution in [3.63, 3.8) is 0 Å². The Morgan fingerprint density at radius 3 is 2.52 bits per heavy atom. The Labute approximate surface area is 127 Å². The molecule has 0 aromatic heterocycles. The number of hydrogen-bond donors (Lipinski definition) is 2. The van der Waals surface area contributed by atoms with Crippen molar-refractivity contribution in [3.05, 3.63) is 11.6 Å². The first-order valence-corrected chi connectivity index (χ1v) is 8.23. The first-order valence-electron chi connectivity index (χ1n) is 8.23. The molecule has 0 unspecified atom stereocenters. The van der Waals surface area contributed by atoms with Gasteiger partial charge >= 0.3 is 6.03 Å². The maximum Gasteiger partial charge on any atom is 0.314 e. The fraction of sp³-hybridized carbons (Fsp3) is 0.750. The first kappa shape index (κ1) is 15.9. The van der Waals surface area contributed by atoms with Crippen LogP contribution in [0.2, 0.25) is 0 Å². The fourth-order valence-electron chi connectivity index (χ4n) is 2.95. The maximum absolute atomic E-state index is 11.9. The van der Waals surface area contributed by atoms with Crippen molar-refractivity contribution in [3.8, 4) is 0 Å². The number of hydrogen-bond acceptors (Lipinski definition) is 2. The summed E-state index contributed by atoms with van der Waals surface area (Å²) in [6.45, 7) is 2.85. The van der Waals surface area contributed by atoms with Gasteiger partial charge in [0.15, 0.2) is 0 Å². The molecular formula is C16H27N3O2. The average Bonchev–Trinajstić information content (AvgIpc) is 3.01. The van der Waals surface area contributed by atoms with Crippen LogP contribution < -0.4 is 10.6 Å². The number of allylic oxidation sites excluding steroid dienone is 1. The van der Waals surface area contributed by atoms with Crippen LogP contribution in [-0.4, -0.2) is 43.0 Å². The second kappa shape index (κ2) is 8.70. The molecule has 2 rings (SSSR count). The topological polar surface area (TPSA) is 61.4 Å². The van der Waals surface area contributed by atoms with Gasteiger partial charge in [-0.3, -0.25) is 4.79 Å². The smallest absolute Gasteiger partial charge is 0.314 e. The molecule has 0 aromatic rings. The molecule has 0 saturated carbocycles. The van der Waals surface area contributed by atoms with Gasteiger partial charge in [-0.05, 0) is 44.9 Å². The summed E-state index contributed by atoms with van der Waals surface area (Å²) in [6, 6.07) is -0.167. The SMILES string of the molecule is O=C(NCCC(=O)N1CCCCC1)NCCC1=CCCC1. The highest BCUT2D eigenvalue weighted by Gasteiger charge is 2.16. The molecule has 3 amide bonds. The lowest BCUT2D eigenvalue weighted by molar-refractivity contribution is -0.131. The van der Waals surface area contributed by atoms with E-state index in [-0.39, 0.29) is 11.9 Å². The molecule has 1 aliphatic heterocycles. The highest BCUT2D eigenvalue weighted by atomic mass is 16.2. The summed E-state index contributed by atoms with van der Waals surface area (Å²) in [7, 11) is 0. The minimum absolute atomic E-state index is 0.158. The van der Waals surface area contributed by atoms with Crippen molar-refractivity contribution >= 4 is 11.9 Å². The van der Waals surface area contributed by atoms with Gasteiger partial charge in [-0.1, -0.05) is 11.6 Å². The minimum atomic E-state index is -0.167. The van der Waals surface area contributed by atoms with Crippen molar-refractivity contribution in [2.24, 2.45) is 0 Å². The van der Waals surface area contributed by atoms with E-state index in [0.29, 0.717) is 19.5 Å². The van der Waals surface area contributed by atoms with E-state index in [4.69, 9.17) is 0 Å². The van der Waals surface area contributed by atoms with Crippen LogP contribution in [0, 0.1) is 0 Å². The van der Waals surface area contributed by atoms with E-state index >= 15 is 0 Å². The van der Waals surface area contributed by atoms with E-state index in [1.54, 1.807) is 0 Å². The van der Waals surface area contributed by atoms with Crippen molar-refractivity contribution in [2.75, 3.05) is 26.2 Å². The second-order valence-corrected chi connectivity index (χ2v) is 5.88. The van der Waals surface area contributed by atoms with Crippen molar-refractivity contribution in [1.29, 1.82) is 0 Å². The number of piperidine rings is 1. The molecule has 1 aliphatic carbocycles. The molecule has 21 heavy (non-hydrogen) atoms. The van der Waals surface area contributed by atoms with Gasteiger partial charge in [-0.15, -0.1) is 0 Å². The molecule has 1 fully saturated rings. The third-order valence-corrected chi connectivity index (χ3v) is 4.20. The van der Waals surface area contributed by atoms with Crippen LogP contribution in [-0.2, 0) is 4.79 Å². The highest BCUT2D eigenvalue weighted by Crippen LogP contribution is 2.19. The average molecular weight is 293 g/mol. The Kier molecular flexibility index (Phi) is 6.57. The standard InChI is InChI=1S/C16H27N3O2/c20-15(19-12-4-1-5-13-19)9-11-18-16(21)17-10-8-14-6-2-3-7-14/h6H,1-5,7-13H2,(H2,17,18,21). The zero-order valence-electron chi connectivity index (χ0n) is 12.8. The number of carbonyl (C=O) groups excluding carboxylic acids is 2. The predicted octanol–water partition coefficient (Wildman–Crippen LogP) is 2.19. The third kappa shape index (κ3) is 5.78. The quantitative estimate of drug-likeness (QED) is 0.737. The van der Waals surface area contributed by atoms with Gasteiger partial charge in [0.1, 0.15) is 0 Å². The fourth-order valence-corrected chi connectivity index (χ4v) is 2.95. The Morgan fingerprint density at radius 1 is 1.05 bits per heavy atom.